The van der Waals surface area contributed by atoms with Crippen molar-refractivity contribution in [2.45, 2.75) is 25.7 Å². The zero-order valence-electron chi connectivity index (χ0n) is 21.2. The molecule has 0 radical (unpaired) electrons. The molecule has 38 heavy (non-hydrogen) atoms. The summed E-state index contributed by atoms with van der Waals surface area (Å²) in [6, 6.07) is 19.5. The van der Waals surface area contributed by atoms with Crippen molar-refractivity contribution in [2.75, 3.05) is 20.3 Å². The SMILES string of the molecule is C=CC(=O)OCCCCCCOc1ccc(C(=O)Oc2ccc(C(=O)Oc3ccc(OC)cc3)cc2)cc1. The molecule has 0 saturated heterocycles. The maximum atomic E-state index is 12.5. The van der Waals surface area contributed by atoms with Gasteiger partial charge in [-0.2, -0.15) is 0 Å². The van der Waals surface area contributed by atoms with E-state index in [2.05, 4.69) is 6.58 Å². The Morgan fingerprint density at radius 3 is 1.58 bits per heavy atom. The van der Waals surface area contributed by atoms with Gasteiger partial charge in [0, 0.05) is 6.08 Å². The van der Waals surface area contributed by atoms with Gasteiger partial charge in [0.2, 0.25) is 0 Å². The van der Waals surface area contributed by atoms with Gasteiger partial charge in [0.05, 0.1) is 31.5 Å². The van der Waals surface area contributed by atoms with Crippen LogP contribution >= 0.6 is 0 Å². The Morgan fingerprint density at radius 2 is 1.08 bits per heavy atom. The van der Waals surface area contributed by atoms with E-state index >= 15 is 0 Å². The molecule has 198 valence electrons. The lowest BCUT2D eigenvalue weighted by atomic mass is 10.2. The number of methoxy groups -OCH3 is 1. The Kier molecular flexibility index (Phi) is 10.9. The monoisotopic (exact) mass is 518 g/mol. The average Bonchev–Trinajstić information content (AvgIpc) is 2.95. The van der Waals surface area contributed by atoms with Crippen molar-refractivity contribution in [3.8, 4) is 23.0 Å². The molecule has 0 spiro atoms. The summed E-state index contributed by atoms with van der Waals surface area (Å²) < 4.78 is 26.5. The predicted molar refractivity (Wildman–Crippen MR) is 141 cm³/mol. The molecule has 0 amide bonds. The number of carbonyl (C=O) groups is 3. The van der Waals surface area contributed by atoms with Crippen molar-refractivity contribution >= 4 is 17.9 Å². The summed E-state index contributed by atoms with van der Waals surface area (Å²) >= 11 is 0. The van der Waals surface area contributed by atoms with Gasteiger partial charge in [-0.15, -0.1) is 0 Å². The topological polar surface area (TPSA) is 97.4 Å². The van der Waals surface area contributed by atoms with Gasteiger partial charge in [0.15, 0.2) is 0 Å². The lowest BCUT2D eigenvalue weighted by Gasteiger charge is -2.08. The van der Waals surface area contributed by atoms with E-state index in [-0.39, 0.29) is 0 Å². The second kappa shape index (κ2) is 14.8. The molecule has 0 aromatic heterocycles. The number of hydrogen-bond acceptors (Lipinski definition) is 8. The number of benzene rings is 3. The lowest BCUT2D eigenvalue weighted by molar-refractivity contribution is -0.137. The Bertz CT molecular complexity index is 1200. The van der Waals surface area contributed by atoms with E-state index in [0.717, 1.165) is 31.8 Å². The fourth-order valence-electron chi connectivity index (χ4n) is 3.30. The average molecular weight is 519 g/mol. The first-order valence-corrected chi connectivity index (χ1v) is 12.2. The van der Waals surface area contributed by atoms with E-state index < -0.39 is 17.9 Å². The molecule has 8 heteroatoms. The number of ether oxygens (including phenoxy) is 5. The molecular weight excluding hydrogens is 488 g/mol. The zero-order chi connectivity index (χ0) is 27.2. The quantitative estimate of drug-likeness (QED) is 0.114. The summed E-state index contributed by atoms with van der Waals surface area (Å²) in [4.78, 5) is 35.8. The second-order valence-electron chi connectivity index (χ2n) is 8.14. The van der Waals surface area contributed by atoms with Crippen LogP contribution in [-0.4, -0.2) is 38.2 Å². The van der Waals surface area contributed by atoms with E-state index in [9.17, 15) is 14.4 Å². The second-order valence-corrected chi connectivity index (χ2v) is 8.14. The van der Waals surface area contributed by atoms with E-state index in [1.54, 1.807) is 55.6 Å². The van der Waals surface area contributed by atoms with Crippen LogP contribution in [0.15, 0.2) is 85.5 Å². The number of unbranched alkanes of at least 4 members (excludes halogenated alkanes) is 3. The molecule has 0 aliphatic carbocycles. The zero-order valence-corrected chi connectivity index (χ0v) is 21.2. The van der Waals surface area contributed by atoms with E-state index in [1.165, 1.54) is 24.3 Å². The highest BCUT2D eigenvalue weighted by Gasteiger charge is 2.12. The molecule has 0 aliphatic heterocycles. The van der Waals surface area contributed by atoms with Crippen LogP contribution in [0.4, 0.5) is 0 Å². The van der Waals surface area contributed by atoms with Crippen LogP contribution in [0.1, 0.15) is 46.4 Å². The molecule has 3 aromatic carbocycles. The summed E-state index contributed by atoms with van der Waals surface area (Å²) in [7, 11) is 1.56. The van der Waals surface area contributed by atoms with Crippen LogP contribution in [0, 0.1) is 0 Å². The predicted octanol–water partition coefficient (Wildman–Crippen LogP) is 5.80. The molecule has 3 rings (SSSR count). The third-order valence-corrected chi connectivity index (χ3v) is 5.38. The van der Waals surface area contributed by atoms with Crippen molar-refractivity contribution in [2.24, 2.45) is 0 Å². The molecule has 0 fully saturated rings. The van der Waals surface area contributed by atoms with Gasteiger partial charge in [-0.05, 0) is 98.5 Å². The Balaban J connectivity index is 1.38. The largest absolute Gasteiger partial charge is 0.497 e. The molecule has 0 atom stereocenters. The normalized spacial score (nSPS) is 10.2. The lowest BCUT2D eigenvalue weighted by Crippen LogP contribution is -2.10. The van der Waals surface area contributed by atoms with Crippen molar-refractivity contribution in [1.82, 2.24) is 0 Å². The minimum absolute atomic E-state index is 0.301. The van der Waals surface area contributed by atoms with Gasteiger partial charge < -0.3 is 23.7 Å². The molecule has 8 nitrogen and oxygen atoms in total. The maximum absolute atomic E-state index is 12.5. The highest BCUT2D eigenvalue weighted by atomic mass is 16.5. The van der Waals surface area contributed by atoms with Crippen molar-refractivity contribution in [3.63, 3.8) is 0 Å². The number of carbonyl (C=O) groups excluding carboxylic acids is 3. The fourth-order valence-corrected chi connectivity index (χ4v) is 3.30. The molecule has 0 N–H and O–H groups in total. The summed E-state index contributed by atoms with van der Waals surface area (Å²) in [6.45, 7) is 4.29. The van der Waals surface area contributed by atoms with Crippen LogP contribution in [0.5, 0.6) is 23.0 Å². The highest BCUT2D eigenvalue weighted by Crippen LogP contribution is 2.20. The van der Waals surface area contributed by atoms with Crippen molar-refractivity contribution < 1.29 is 38.1 Å². The van der Waals surface area contributed by atoms with Crippen molar-refractivity contribution in [3.05, 3.63) is 96.6 Å². The summed E-state index contributed by atoms with van der Waals surface area (Å²) in [5.41, 5.74) is 0.688. The highest BCUT2D eigenvalue weighted by molar-refractivity contribution is 5.92. The van der Waals surface area contributed by atoms with E-state index in [4.69, 9.17) is 23.7 Å². The van der Waals surface area contributed by atoms with Gasteiger partial charge in [-0.1, -0.05) is 6.58 Å². The number of hydrogen-bond donors (Lipinski definition) is 0. The van der Waals surface area contributed by atoms with Crippen LogP contribution < -0.4 is 18.9 Å². The third-order valence-electron chi connectivity index (χ3n) is 5.38. The van der Waals surface area contributed by atoms with E-state index in [1.807, 2.05) is 0 Å². The maximum Gasteiger partial charge on any atom is 0.343 e. The minimum Gasteiger partial charge on any atom is -0.497 e. The molecule has 0 unspecified atom stereocenters. The van der Waals surface area contributed by atoms with Gasteiger partial charge in [0.25, 0.3) is 0 Å². The minimum atomic E-state index is -0.530. The standard InChI is InChI=1S/C30H30O8/c1-3-28(31)36-21-7-5-4-6-20-35-25-12-8-22(9-13-25)29(32)37-26-14-10-23(11-15-26)30(33)38-27-18-16-24(34-2)17-19-27/h3,8-19H,1,4-7,20-21H2,2H3. The molecule has 0 saturated carbocycles. The summed E-state index contributed by atoms with van der Waals surface area (Å²) in [6.07, 6.45) is 4.70. The van der Waals surface area contributed by atoms with Gasteiger partial charge in [-0.3, -0.25) is 0 Å². The van der Waals surface area contributed by atoms with Gasteiger partial charge >= 0.3 is 17.9 Å². The van der Waals surface area contributed by atoms with Crippen molar-refractivity contribution in [1.29, 1.82) is 0 Å². The Hall–Kier alpha value is -4.59. The van der Waals surface area contributed by atoms with Crippen LogP contribution in [0.25, 0.3) is 0 Å². The first-order chi connectivity index (χ1) is 18.5. The van der Waals surface area contributed by atoms with E-state index in [0.29, 0.717) is 47.3 Å². The Morgan fingerprint density at radius 1 is 0.632 bits per heavy atom. The molecular formula is C30H30O8. The molecule has 0 heterocycles. The van der Waals surface area contributed by atoms with Crippen LogP contribution in [-0.2, 0) is 9.53 Å². The van der Waals surface area contributed by atoms with Gasteiger partial charge in [0.1, 0.15) is 23.0 Å². The first kappa shape index (κ1) is 28.0. The van der Waals surface area contributed by atoms with Crippen LogP contribution in [0.3, 0.4) is 0 Å². The molecule has 0 bridgehead atoms. The molecule has 0 aliphatic rings. The summed E-state index contributed by atoms with van der Waals surface area (Å²) in [5, 5.41) is 0. The Labute approximate surface area is 221 Å². The van der Waals surface area contributed by atoms with Gasteiger partial charge in [-0.25, -0.2) is 14.4 Å². The smallest absolute Gasteiger partial charge is 0.343 e. The molecule has 3 aromatic rings. The van der Waals surface area contributed by atoms with Crippen LogP contribution in [0.2, 0.25) is 0 Å². The third kappa shape index (κ3) is 9.13. The first-order valence-electron chi connectivity index (χ1n) is 12.2. The number of esters is 3. The fraction of sp³-hybridized carbons (Fsp3) is 0.233. The number of rotatable bonds is 14. The summed E-state index contributed by atoms with van der Waals surface area (Å²) in [5.74, 6) is 0.549.